The van der Waals surface area contributed by atoms with Crippen molar-refractivity contribution in [2.75, 3.05) is 32.8 Å². The molecule has 100 valence electrons. The Kier molecular flexibility index (Phi) is 3.81. The zero-order valence-electron chi connectivity index (χ0n) is 11.9. The predicted octanol–water partition coefficient (Wildman–Crippen LogP) is 1.88. The first-order valence-corrected chi connectivity index (χ1v) is 7.00. The van der Waals surface area contributed by atoms with E-state index in [1.807, 2.05) is 0 Å². The van der Waals surface area contributed by atoms with Gasteiger partial charge in [0, 0.05) is 31.2 Å². The summed E-state index contributed by atoms with van der Waals surface area (Å²) >= 11 is 0. The van der Waals surface area contributed by atoms with Crippen molar-refractivity contribution in [3.05, 3.63) is 0 Å². The van der Waals surface area contributed by atoms with Gasteiger partial charge in [-0.1, -0.05) is 6.92 Å². The van der Waals surface area contributed by atoms with E-state index in [2.05, 4.69) is 37.9 Å². The molecule has 1 atom stereocenters. The maximum atomic E-state index is 5.42. The van der Waals surface area contributed by atoms with Gasteiger partial charge in [0.1, 0.15) is 0 Å². The van der Waals surface area contributed by atoms with E-state index in [1.165, 1.54) is 12.8 Å². The Morgan fingerprint density at radius 1 is 1.29 bits per heavy atom. The topological polar surface area (TPSA) is 24.5 Å². The summed E-state index contributed by atoms with van der Waals surface area (Å²) in [6, 6.07) is 0.641. The summed E-state index contributed by atoms with van der Waals surface area (Å²) in [6.45, 7) is 14.4. The molecular weight excluding hydrogens is 212 g/mol. The van der Waals surface area contributed by atoms with E-state index in [0.29, 0.717) is 11.5 Å². The van der Waals surface area contributed by atoms with E-state index in [1.54, 1.807) is 0 Å². The third-order valence-corrected chi connectivity index (χ3v) is 4.79. The fourth-order valence-electron chi connectivity index (χ4n) is 2.56. The van der Waals surface area contributed by atoms with Crippen LogP contribution in [0.25, 0.3) is 0 Å². The minimum atomic E-state index is 0.239. The van der Waals surface area contributed by atoms with Crippen molar-refractivity contribution in [2.45, 2.75) is 52.1 Å². The highest BCUT2D eigenvalue weighted by molar-refractivity contribution is 4.98. The Hall–Kier alpha value is -0.120. The van der Waals surface area contributed by atoms with E-state index in [9.17, 15) is 0 Å². The maximum Gasteiger partial charge on any atom is 0.0594 e. The second-order valence-electron chi connectivity index (χ2n) is 6.67. The molecule has 1 saturated heterocycles. The molecule has 1 heterocycles. The van der Waals surface area contributed by atoms with E-state index >= 15 is 0 Å². The largest absolute Gasteiger partial charge is 0.379 e. The third-order valence-electron chi connectivity index (χ3n) is 4.79. The lowest BCUT2D eigenvalue weighted by Gasteiger charge is -2.42. The highest BCUT2D eigenvalue weighted by atomic mass is 16.5. The molecule has 1 aliphatic heterocycles. The molecule has 0 amide bonds. The van der Waals surface area contributed by atoms with Gasteiger partial charge in [-0.2, -0.15) is 0 Å². The summed E-state index contributed by atoms with van der Waals surface area (Å²) in [5.41, 5.74) is 0.810. The van der Waals surface area contributed by atoms with Gasteiger partial charge < -0.3 is 10.1 Å². The molecule has 2 rings (SSSR count). The highest BCUT2D eigenvalue weighted by Crippen LogP contribution is 2.47. The molecule has 0 aromatic heterocycles. The SMILES string of the molecule is CC(NCC(C)(C)N1CCOCC1)C1(C)CC1. The lowest BCUT2D eigenvalue weighted by atomic mass is 9.97. The maximum absolute atomic E-state index is 5.42. The lowest BCUT2D eigenvalue weighted by Crippen LogP contribution is -2.56. The molecule has 3 heteroatoms. The molecule has 17 heavy (non-hydrogen) atoms. The van der Waals surface area contributed by atoms with Gasteiger partial charge in [0.2, 0.25) is 0 Å². The molecule has 0 aromatic rings. The summed E-state index contributed by atoms with van der Waals surface area (Å²) in [5.74, 6) is 0. The second kappa shape index (κ2) is 4.87. The number of hydrogen-bond donors (Lipinski definition) is 1. The van der Waals surface area contributed by atoms with Gasteiger partial charge in [-0.05, 0) is 39.0 Å². The number of ether oxygens (including phenoxy) is 1. The fourth-order valence-corrected chi connectivity index (χ4v) is 2.56. The second-order valence-corrected chi connectivity index (χ2v) is 6.67. The Labute approximate surface area is 106 Å². The van der Waals surface area contributed by atoms with Crippen LogP contribution in [0.2, 0.25) is 0 Å². The Morgan fingerprint density at radius 3 is 2.41 bits per heavy atom. The monoisotopic (exact) mass is 240 g/mol. The molecule has 1 unspecified atom stereocenters. The van der Waals surface area contributed by atoms with Crippen LogP contribution in [0.15, 0.2) is 0 Å². The Balaban J connectivity index is 1.79. The number of morpholine rings is 1. The summed E-state index contributed by atoms with van der Waals surface area (Å²) < 4.78 is 5.42. The number of nitrogens with zero attached hydrogens (tertiary/aromatic N) is 1. The van der Waals surface area contributed by atoms with Gasteiger partial charge in [-0.15, -0.1) is 0 Å². The average molecular weight is 240 g/mol. The Bertz CT molecular complexity index is 255. The van der Waals surface area contributed by atoms with Gasteiger partial charge >= 0.3 is 0 Å². The summed E-state index contributed by atoms with van der Waals surface area (Å²) in [6.07, 6.45) is 2.78. The van der Waals surface area contributed by atoms with Crippen LogP contribution in [-0.4, -0.2) is 49.3 Å². The van der Waals surface area contributed by atoms with Crippen molar-refractivity contribution < 1.29 is 4.74 Å². The van der Waals surface area contributed by atoms with Crippen LogP contribution in [0.3, 0.4) is 0 Å². The van der Waals surface area contributed by atoms with Crippen LogP contribution in [0.4, 0.5) is 0 Å². The van der Waals surface area contributed by atoms with Crippen LogP contribution in [-0.2, 0) is 4.74 Å². The average Bonchev–Trinajstić information content (AvgIpc) is 3.07. The number of nitrogens with one attached hydrogen (secondary N) is 1. The molecule has 3 nitrogen and oxygen atoms in total. The van der Waals surface area contributed by atoms with Crippen molar-refractivity contribution >= 4 is 0 Å². The summed E-state index contributed by atoms with van der Waals surface area (Å²) in [4.78, 5) is 2.55. The minimum absolute atomic E-state index is 0.239. The van der Waals surface area contributed by atoms with E-state index in [-0.39, 0.29) is 5.54 Å². The first-order chi connectivity index (χ1) is 7.94. The van der Waals surface area contributed by atoms with Crippen molar-refractivity contribution in [2.24, 2.45) is 5.41 Å². The molecule has 0 spiro atoms. The van der Waals surface area contributed by atoms with Gasteiger partial charge in [0.15, 0.2) is 0 Å². The first kappa shape index (κ1) is 13.3. The van der Waals surface area contributed by atoms with E-state index < -0.39 is 0 Å². The smallest absolute Gasteiger partial charge is 0.0594 e. The van der Waals surface area contributed by atoms with E-state index in [4.69, 9.17) is 4.74 Å². The molecular formula is C14H28N2O. The molecule has 1 aliphatic carbocycles. The zero-order chi connectivity index (χ0) is 12.5. The van der Waals surface area contributed by atoms with Crippen molar-refractivity contribution in [3.63, 3.8) is 0 Å². The first-order valence-electron chi connectivity index (χ1n) is 7.00. The Morgan fingerprint density at radius 2 is 1.88 bits per heavy atom. The van der Waals surface area contributed by atoms with Crippen molar-refractivity contribution in [1.82, 2.24) is 10.2 Å². The van der Waals surface area contributed by atoms with Crippen LogP contribution in [0, 0.1) is 5.41 Å². The van der Waals surface area contributed by atoms with Crippen LogP contribution >= 0.6 is 0 Å². The molecule has 2 aliphatic rings. The number of rotatable bonds is 5. The van der Waals surface area contributed by atoms with Crippen molar-refractivity contribution in [3.8, 4) is 0 Å². The highest BCUT2D eigenvalue weighted by Gasteiger charge is 2.42. The zero-order valence-corrected chi connectivity index (χ0v) is 11.9. The molecule has 2 fully saturated rings. The predicted molar refractivity (Wildman–Crippen MR) is 71.3 cm³/mol. The van der Waals surface area contributed by atoms with Crippen molar-refractivity contribution in [1.29, 1.82) is 0 Å². The minimum Gasteiger partial charge on any atom is -0.379 e. The van der Waals surface area contributed by atoms with Gasteiger partial charge in [-0.25, -0.2) is 0 Å². The van der Waals surface area contributed by atoms with E-state index in [0.717, 1.165) is 32.8 Å². The van der Waals surface area contributed by atoms with Crippen LogP contribution in [0.5, 0.6) is 0 Å². The normalized spacial score (nSPS) is 26.8. The number of hydrogen-bond acceptors (Lipinski definition) is 3. The van der Waals surface area contributed by atoms with Gasteiger partial charge in [-0.3, -0.25) is 4.90 Å². The summed E-state index contributed by atoms with van der Waals surface area (Å²) in [5, 5.41) is 3.74. The van der Waals surface area contributed by atoms with Gasteiger partial charge in [0.05, 0.1) is 13.2 Å². The molecule has 0 bridgehead atoms. The van der Waals surface area contributed by atoms with Gasteiger partial charge in [0.25, 0.3) is 0 Å². The lowest BCUT2D eigenvalue weighted by molar-refractivity contribution is -0.0108. The molecule has 1 saturated carbocycles. The molecule has 0 aromatic carbocycles. The van der Waals surface area contributed by atoms with Crippen LogP contribution in [0.1, 0.15) is 40.5 Å². The molecule has 1 N–H and O–H groups in total. The summed E-state index contributed by atoms with van der Waals surface area (Å²) in [7, 11) is 0. The quantitative estimate of drug-likeness (QED) is 0.794. The standard InChI is InChI=1S/C14H28N2O/c1-12(14(4)5-6-14)15-11-13(2,3)16-7-9-17-10-8-16/h12,15H,5-11H2,1-4H3. The third kappa shape index (κ3) is 3.21. The molecule has 0 radical (unpaired) electrons. The van der Waals surface area contributed by atoms with Crippen LogP contribution < -0.4 is 5.32 Å². The fraction of sp³-hybridized carbons (Fsp3) is 1.00.